The van der Waals surface area contributed by atoms with Gasteiger partial charge < -0.3 is 14.6 Å². The van der Waals surface area contributed by atoms with E-state index in [-0.39, 0.29) is 18.5 Å². The molecule has 2 heterocycles. The molecule has 130 valence electrons. The molecule has 0 amide bonds. The molecule has 1 fully saturated rings. The molecule has 1 saturated heterocycles. The summed E-state index contributed by atoms with van der Waals surface area (Å²) in [6.45, 7) is 1.53. The standard InChI is InChI=1S/C15H19FN4O3S/c16-11-3-5-13(6-4-11)23-9-12(21)10-24-15-17-18-19-20(15)8-14-2-1-7-22-14/h3-6,12,14,21H,1-2,7-10H2. The zero-order chi connectivity index (χ0) is 16.8. The molecule has 2 atom stereocenters. The molecule has 0 saturated carbocycles. The van der Waals surface area contributed by atoms with Crippen molar-refractivity contribution in [3.05, 3.63) is 30.1 Å². The zero-order valence-corrected chi connectivity index (χ0v) is 13.9. The van der Waals surface area contributed by atoms with E-state index in [4.69, 9.17) is 9.47 Å². The predicted molar refractivity (Wildman–Crippen MR) is 85.4 cm³/mol. The van der Waals surface area contributed by atoms with Gasteiger partial charge in [-0.25, -0.2) is 9.07 Å². The number of nitrogens with zero attached hydrogens (tertiary/aromatic N) is 4. The van der Waals surface area contributed by atoms with Crippen molar-refractivity contribution in [2.75, 3.05) is 19.0 Å². The van der Waals surface area contributed by atoms with Gasteiger partial charge in [-0.05, 0) is 47.5 Å². The first kappa shape index (κ1) is 17.1. The second-order valence-corrected chi connectivity index (χ2v) is 6.50. The highest BCUT2D eigenvalue weighted by atomic mass is 32.2. The van der Waals surface area contributed by atoms with Crippen LogP contribution in [0.5, 0.6) is 5.75 Å². The molecule has 0 bridgehead atoms. The SMILES string of the molecule is OC(COc1ccc(F)cc1)CSc1nnnn1CC1CCCO1. The van der Waals surface area contributed by atoms with Gasteiger partial charge in [0.05, 0.1) is 18.8 Å². The number of hydrogen-bond donors (Lipinski definition) is 1. The van der Waals surface area contributed by atoms with E-state index in [9.17, 15) is 9.50 Å². The predicted octanol–water partition coefficient (Wildman–Crippen LogP) is 1.52. The number of halogens is 1. The van der Waals surface area contributed by atoms with Gasteiger partial charge in [0.15, 0.2) is 0 Å². The van der Waals surface area contributed by atoms with E-state index in [1.807, 2.05) is 0 Å². The van der Waals surface area contributed by atoms with Crippen molar-refractivity contribution < 1.29 is 19.0 Å². The van der Waals surface area contributed by atoms with Crippen molar-refractivity contribution in [1.29, 1.82) is 0 Å². The quantitative estimate of drug-likeness (QED) is 0.720. The van der Waals surface area contributed by atoms with E-state index in [0.717, 1.165) is 19.4 Å². The molecule has 24 heavy (non-hydrogen) atoms. The minimum atomic E-state index is -0.687. The summed E-state index contributed by atoms with van der Waals surface area (Å²) in [5, 5.41) is 22.3. The van der Waals surface area contributed by atoms with Gasteiger partial charge in [0.25, 0.3) is 0 Å². The number of aromatic nitrogens is 4. The molecule has 3 rings (SSSR count). The van der Waals surface area contributed by atoms with Gasteiger partial charge in [0.1, 0.15) is 18.2 Å². The molecule has 1 aromatic heterocycles. The van der Waals surface area contributed by atoms with Crippen LogP contribution in [0.2, 0.25) is 0 Å². The summed E-state index contributed by atoms with van der Waals surface area (Å²) in [5.74, 6) is 0.591. The lowest BCUT2D eigenvalue weighted by Gasteiger charge is -2.13. The molecule has 2 aromatic rings. The lowest BCUT2D eigenvalue weighted by Crippen LogP contribution is -2.21. The van der Waals surface area contributed by atoms with Crippen LogP contribution in [-0.2, 0) is 11.3 Å². The van der Waals surface area contributed by atoms with Crippen LogP contribution in [0, 0.1) is 5.82 Å². The molecule has 7 nitrogen and oxygen atoms in total. The van der Waals surface area contributed by atoms with Crippen LogP contribution in [0.4, 0.5) is 4.39 Å². The maximum Gasteiger partial charge on any atom is 0.209 e. The Labute approximate surface area is 143 Å². The highest BCUT2D eigenvalue weighted by molar-refractivity contribution is 7.99. The molecule has 2 unspecified atom stereocenters. The average molecular weight is 354 g/mol. The van der Waals surface area contributed by atoms with Crippen LogP contribution in [0.15, 0.2) is 29.4 Å². The van der Waals surface area contributed by atoms with Crippen LogP contribution in [0.1, 0.15) is 12.8 Å². The summed E-state index contributed by atoms with van der Waals surface area (Å²) >= 11 is 1.36. The zero-order valence-electron chi connectivity index (χ0n) is 13.0. The average Bonchev–Trinajstić information content (AvgIpc) is 3.25. The smallest absolute Gasteiger partial charge is 0.209 e. The number of aliphatic hydroxyl groups is 1. The van der Waals surface area contributed by atoms with Gasteiger partial charge in [0.2, 0.25) is 5.16 Å². The van der Waals surface area contributed by atoms with Gasteiger partial charge >= 0.3 is 0 Å². The van der Waals surface area contributed by atoms with Crippen molar-refractivity contribution >= 4 is 11.8 Å². The number of aliphatic hydroxyl groups excluding tert-OH is 1. The number of hydrogen-bond acceptors (Lipinski definition) is 7. The van der Waals surface area contributed by atoms with Gasteiger partial charge in [0, 0.05) is 12.4 Å². The summed E-state index contributed by atoms with van der Waals surface area (Å²) < 4.78 is 25.5. The fourth-order valence-corrected chi connectivity index (χ4v) is 3.13. The summed E-state index contributed by atoms with van der Waals surface area (Å²) in [6.07, 6.45) is 1.54. The first-order valence-electron chi connectivity index (χ1n) is 7.77. The monoisotopic (exact) mass is 354 g/mol. The fourth-order valence-electron chi connectivity index (χ4n) is 2.34. The van der Waals surface area contributed by atoms with E-state index in [1.54, 1.807) is 4.68 Å². The fraction of sp³-hybridized carbons (Fsp3) is 0.533. The largest absolute Gasteiger partial charge is 0.491 e. The molecule has 1 aromatic carbocycles. The molecule has 0 aliphatic carbocycles. The van der Waals surface area contributed by atoms with E-state index in [2.05, 4.69) is 15.5 Å². The Hall–Kier alpha value is -1.71. The van der Waals surface area contributed by atoms with E-state index in [0.29, 0.717) is 23.2 Å². The molecule has 0 radical (unpaired) electrons. The van der Waals surface area contributed by atoms with Gasteiger partial charge in [-0.3, -0.25) is 0 Å². The van der Waals surface area contributed by atoms with Crippen LogP contribution in [0.25, 0.3) is 0 Å². The maximum atomic E-state index is 12.8. The molecular weight excluding hydrogens is 335 g/mol. The van der Waals surface area contributed by atoms with Gasteiger partial charge in [-0.1, -0.05) is 11.8 Å². The first-order valence-corrected chi connectivity index (χ1v) is 8.76. The Morgan fingerprint density at radius 2 is 2.25 bits per heavy atom. The van der Waals surface area contributed by atoms with Crippen molar-refractivity contribution in [2.45, 2.75) is 36.8 Å². The van der Waals surface area contributed by atoms with E-state index >= 15 is 0 Å². The summed E-state index contributed by atoms with van der Waals surface area (Å²) in [5.41, 5.74) is 0. The Bertz CT molecular complexity index is 634. The molecule has 9 heteroatoms. The summed E-state index contributed by atoms with van der Waals surface area (Å²) in [4.78, 5) is 0. The van der Waals surface area contributed by atoms with E-state index in [1.165, 1.54) is 36.0 Å². The van der Waals surface area contributed by atoms with Crippen LogP contribution >= 0.6 is 11.8 Å². The Morgan fingerprint density at radius 3 is 3.00 bits per heavy atom. The normalized spacial score (nSPS) is 18.7. The van der Waals surface area contributed by atoms with Gasteiger partial charge in [-0.2, -0.15) is 0 Å². The number of rotatable bonds is 8. The minimum Gasteiger partial charge on any atom is -0.491 e. The highest BCUT2D eigenvalue weighted by Crippen LogP contribution is 2.19. The number of benzene rings is 1. The highest BCUT2D eigenvalue weighted by Gasteiger charge is 2.19. The van der Waals surface area contributed by atoms with Gasteiger partial charge in [-0.15, -0.1) is 5.10 Å². The lowest BCUT2D eigenvalue weighted by atomic mass is 10.2. The number of ether oxygens (including phenoxy) is 2. The van der Waals surface area contributed by atoms with Crippen molar-refractivity contribution in [2.24, 2.45) is 0 Å². The van der Waals surface area contributed by atoms with Crippen LogP contribution < -0.4 is 4.74 Å². The third-order valence-electron chi connectivity index (χ3n) is 3.56. The molecule has 1 aliphatic rings. The molecule has 1 N–H and O–H groups in total. The Morgan fingerprint density at radius 1 is 1.42 bits per heavy atom. The van der Waals surface area contributed by atoms with E-state index < -0.39 is 6.10 Å². The number of thioether (sulfide) groups is 1. The third kappa shape index (κ3) is 4.89. The molecule has 0 spiro atoms. The lowest BCUT2D eigenvalue weighted by molar-refractivity contribution is 0.0911. The Balaban J connectivity index is 1.43. The van der Waals surface area contributed by atoms with Crippen molar-refractivity contribution in [3.63, 3.8) is 0 Å². The van der Waals surface area contributed by atoms with Crippen molar-refractivity contribution in [3.8, 4) is 5.75 Å². The number of tetrazole rings is 1. The third-order valence-corrected chi connectivity index (χ3v) is 4.66. The second kappa shape index (κ2) is 8.41. The topological polar surface area (TPSA) is 82.3 Å². The Kier molecular flexibility index (Phi) is 6.00. The first-order chi connectivity index (χ1) is 11.7. The maximum absolute atomic E-state index is 12.8. The van der Waals surface area contributed by atoms with Crippen molar-refractivity contribution in [1.82, 2.24) is 20.2 Å². The minimum absolute atomic E-state index is 0.117. The van der Waals surface area contributed by atoms with Crippen LogP contribution in [0.3, 0.4) is 0 Å². The second-order valence-electron chi connectivity index (χ2n) is 5.51. The van der Waals surface area contributed by atoms with Crippen LogP contribution in [-0.4, -0.2) is 56.5 Å². The molecular formula is C15H19FN4O3S. The summed E-state index contributed by atoms with van der Waals surface area (Å²) in [6, 6.07) is 5.68. The summed E-state index contributed by atoms with van der Waals surface area (Å²) in [7, 11) is 0. The molecule has 1 aliphatic heterocycles.